The Morgan fingerprint density at radius 3 is 2.03 bits per heavy atom. The van der Waals surface area contributed by atoms with Crippen LogP contribution in [0.1, 0.15) is 99.4 Å². The molecule has 0 amide bonds. The van der Waals surface area contributed by atoms with Crippen LogP contribution in [0.15, 0.2) is 48.5 Å². The van der Waals surface area contributed by atoms with E-state index >= 15 is 0 Å². The van der Waals surface area contributed by atoms with Gasteiger partial charge in [-0.2, -0.15) is 0 Å². The Morgan fingerprint density at radius 2 is 1.42 bits per heavy atom. The van der Waals surface area contributed by atoms with Crippen molar-refractivity contribution in [2.24, 2.45) is 5.92 Å². The van der Waals surface area contributed by atoms with Crippen LogP contribution in [0.2, 0.25) is 5.02 Å². The molecule has 0 saturated heterocycles. The molecular formula is C28H38ClNO. The van der Waals surface area contributed by atoms with Gasteiger partial charge in [-0.05, 0) is 60.7 Å². The number of anilines is 1. The summed E-state index contributed by atoms with van der Waals surface area (Å²) in [7, 11) is 0. The highest BCUT2D eigenvalue weighted by Gasteiger charge is 2.43. The van der Waals surface area contributed by atoms with Crippen molar-refractivity contribution in [1.82, 2.24) is 0 Å². The number of rotatable bonds is 15. The predicted octanol–water partition coefficient (Wildman–Crippen LogP) is 8.66. The Hall–Kier alpha value is -1.80. The molecule has 0 bridgehead atoms. The molecule has 0 heterocycles. The highest BCUT2D eigenvalue weighted by Crippen LogP contribution is 2.49. The highest BCUT2D eigenvalue weighted by molar-refractivity contribution is 6.30. The summed E-state index contributed by atoms with van der Waals surface area (Å²) in [6.07, 6.45) is 14.5. The molecular weight excluding hydrogens is 402 g/mol. The maximum absolute atomic E-state index is 12.8. The van der Waals surface area contributed by atoms with E-state index < -0.39 is 0 Å². The molecule has 168 valence electrons. The average molecular weight is 440 g/mol. The van der Waals surface area contributed by atoms with E-state index in [0.717, 1.165) is 29.2 Å². The lowest BCUT2D eigenvalue weighted by molar-refractivity contribution is 0.0965. The molecule has 1 saturated carbocycles. The third kappa shape index (κ3) is 8.00. The summed E-state index contributed by atoms with van der Waals surface area (Å²) in [5, 5.41) is 4.24. The van der Waals surface area contributed by atoms with Crippen molar-refractivity contribution < 1.29 is 4.79 Å². The smallest absolute Gasteiger partial charge is 0.166 e. The van der Waals surface area contributed by atoms with Crippen LogP contribution in [0.5, 0.6) is 0 Å². The summed E-state index contributed by atoms with van der Waals surface area (Å²) in [6.45, 7) is 3.28. The topological polar surface area (TPSA) is 29.1 Å². The second kappa shape index (κ2) is 12.9. The fourth-order valence-corrected chi connectivity index (χ4v) is 4.50. The Kier molecular flexibility index (Phi) is 9.93. The molecule has 0 spiro atoms. The summed E-state index contributed by atoms with van der Waals surface area (Å²) < 4.78 is 0. The van der Waals surface area contributed by atoms with E-state index in [0.29, 0.717) is 5.92 Å². The predicted molar refractivity (Wildman–Crippen MR) is 133 cm³/mol. The normalized spacial score (nSPS) is 17.5. The first kappa shape index (κ1) is 23.9. The molecule has 1 aliphatic rings. The Morgan fingerprint density at radius 1 is 0.839 bits per heavy atom. The molecule has 1 fully saturated rings. The van der Waals surface area contributed by atoms with Crippen molar-refractivity contribution >= 4 is 23.1 Å². The molecule has 3 rings (SSSR count). The molecule has 2 unspecified atom stereocenters. The van der Waals surface area contributed by atoms with Gasteiger partial charge in [0.05, 0.1) is 0 Å². The van der Waals surface area contributed by atoms with Gasteiger partial charge in [0.25, 0.3) is 0 Å². The molecule has 1 aliphatic carbocycles. The maximum Gasteiger partial charge on any atom is 0.166 e. The summed E-state index contributed by atoms with van der Waals surface area (Å²) >= 11 is 5.97. The van der Waals surface area contributed by atoms with Gasteiger partial charge in [0, 0.05) is 28.7 Å². The van der Waals surface area contributed by atoms with E-state index in [1.807, 2.05) is 48.5 Å². The second-order valence-corrected chi connectivity index (χ2v) is 9.49. The SMILES string of the molecule is CCCCCCCCCCCCNc1ccc(C(=O)C2CC2c2ccc(Cl)cc2)cc1. The van der Waals surface area contributed by atoms with Crippen molar-refractivity contribution in [3.05, 3.63) is 64.7 Å². The molecule has 2 aromatic carbocycles. The number of halogens is 1. The molecule has 1 N–H and O–H groups in total. The minimum absolute atomic E-state index is 0.117. The van der Waals surface area contributed by atoms with Crippen LogP contribution >= 0.6 is 11.6 Å². The average Bonchev–Trinajstić information content (AvgIpc) is 3.59. The van der Waals surface area contributed by atoms with Crippen LogP contribution in [-0.2, 0) is 0 Å². The van der Waals surface area contributed by atoms with Crippen LogP contribution in [0.25, 0.3) is 0 Å². The fourth-order valence-electron chi connectivity index (χ4n) is 4.37. The van der Waals surface area contributed by atoms with Crippen LogP contribution < -0.4 is 5.32 Å². The number of ketones is 1. The Bertz CT molecular complexity index is 784. The molecule has 2 nitrogen and oxygen atoms in total. The van der Waals surface area contributed by atoms with Gasteiger partial charge in [-0.3, -0.25) is 4.79 Å². The molecule has 2 atom stereocenters. The summed E-state index contributed by atoms with van der Waals surface area (Å²) in [5.74, 6) is 0.728. The van der Waals surface area contributed by atoms with E-state index in [-0.39, 0.29) is 11.7 Å². The number of nitrogens with one attached hydrogen (secondary N) is 1. The van der Waals surface area contributed by atoms with Crippen LogP contribution in [0.4, 0.5) is 5.69 Å². The first-order chi connectivity index (χ1) is 15.2. The summed E-state index contributed by atoms with van der Waals surface area (Å²) in [4.78, 5) is 12.8. The number of carbonyl (C=O) groups is 1. The zero-order valence-corrected chi connectivity index (χ0v) is 19.8. The summed E-state index contributed by atoms with van der Waals surface area (Å²) in [5.41, 5.74) is 3.15. The van der Waals surface area contributed by atoms with Crippen molar-refractivity contribution in [3.8, 4) is 0 Å². The largest absolute Gasteiger partial charge is 0.385 e. The second-order valence-electron chi connectivity index (χ2n) is 9.05. The Labute approximate surface area is 193 Å². The van der Waals surface area contributed by atoms with Gasteiger partial charge in [-0.15, -0.1) is 0 Å². The van der Waals surface area contributed by atoms with Gasteiger partial charge in [0.2, 0.25) is 0 Å². The highest BCUT2D eigenvalue weighted by atomic mass is 35.5. The van der Waals surface area contributed by atoms with Crippen LogP contribution in [-0.4, -0.2) is 12.3 Å². The van der Waals surface area contributed by atoms with Gasteiger partial charge in [-0.25, -0.2) is 0 Å². The van der Waals surface area contributed by atoms with Gasteiger partial charge in [0.1, 0.15) is 0 Å². The number of unbranched alkanes of at least 4 members (excludes halogenated alkanes) is 9. The van der Waals surface area contributed by atoms with Gasteiger partial charge in [0.15, 0.2) is 5.78 Å². The van der Waals surface area contributed by atoms with Crippen molar-refractivity contribution in [2.75, 3.05) is 11.9 Å². The standard InChI is InChI=1S/C28H38ClNO/c1-2-3-4-5-6-7-8-9-10-11-20-30-25-18-14-23(15-19-25)28(31)27-21-26(27)22-12-16-24(29)17-13-22/h12-19,26-27,30H,2-11,20-21H2,1H3. The van der Waals surface area contributed by atoms with Crippen LogP contribution in [0.3, 0.4) is 0 Å². The van der Waals surface area contributed by atoms with Crippen molar-refractivity contribution in [2.45, 2.75) is 83.5 Å². The first-order valence-corrected chi connectivity index (χ1v) is 12.7. The molecule has 31 heavy (non-hydrogen) atoms. The third-order valence-corrected chi connectivity index (χ3v) is 6.71. The zero-order valence-electron chi connectivity index (χ0n) is 19.0. The van der Waals surface area contributed by atoms with Crippen LogP contribution in [0, 0.1) is 5.92 Å². The number of Topliss-reactive ketones (excluding diaryl/α,β-unsaturated/α-hetero) is 1. The molecule has 0 aliphatic heterocycles. The van der Waals surface area contributed by atoms with E-state index in [9.17, 15) is 4.79 Å². The van der Waals surface area contributed by atoms with Crippen molar-refractivity contribution in [1.29, 1.82) is 0 Å². The number of benzene rings is 2. The minimum Gasteiger partial charge on any atom is -0.385 e. The molecule has 0 radical (unpaired) electrons. The first-order valence-electron chi connectivity index (χ1n) is 12.3. The number of hydrogen-bond donors (Lipinski definition) is 1. The lowest BCUT2D eigenvalue weighted by Gasteiger charge is -2.08. The molecule has 3 heteroatoms. The lowest BCUT2D eigenvalue weighted by atomic mass is 10.0. The van der Waals surface area contributed by atoms with E-state index in [4.69, 9.17) is 11.6 Å². The quantitative estimate of drug-likeness (QED) is 0.222. The monoisotopic (exact) mass is 439 g/mol. The minimum atomic E-state index is 0.117. The van der Waals surface area contributed by atoms with E-state index in [2.05, 4.69) is 12.2 Å². The van der Waals surface area contributed by atoms with E-state index in [1.165, 1.54) is 69.8 Å². The molecule has 0 aromatic heterocycles. The fraction of sp³-hybridized carbons (Fsp3) is 0.536. The number of hydrogen-bond acceptors (Lipinski definition) is 2. The van der Waals surface area contributed by atoms with E-state index in [1.54, 1.807) is 0 Å². The number of carbonyl (C=O) groups excluding carboxylic acids is 1. The third-order valence-electron chi connectivity index (χ3n) is 6.45. The van der Waals surface area contributed by atoms with Gasteiger partial charge < -0.3 is 5.32 Å². The van der Waals surface area contributed by atoms with Crippen molar-refractivity contribution in [3.63, 3.8) is 0 Å². The molecule has 2 aromatic rings. The van der Waals surface area contributed by atoms with Gasteiger partial charge >= 0.3 is 0 Å². The summed E-state index contributed by atoms with van der Waals surface area (Å²) in [6, 6.07) is 15.9. The Balaban J connectivity index is 1.28. The maximum atomic E-state index is 12.8. The van der Waals surface area contributed by atoms with Gasteiger partial charge in [-0.1, -0.05) is 88.4 Å². The lowest BCUT2D eigenvalue weighted by Crippen LogP contribution is -2.05. The zero-order chi connectivity index (χ0) is 21.9.